The summed E-state index contributed by atoms with van der Waals surface area (Å²) in [6.45, 7) is 1.92. The van der Waals surface area contributed by atoms with Gasteiger partial charge in [0.05, 0.1) is 10.6 Å². The summed E-state index contributed by atoms with van der Waals surface area (Å²) >= 11 is 4.31. The van der Waals surface area contributed by atoms with Gasteiger partial charge in [-0.1, -0.05) is 17.7 Å². The highest BCUT2D eigenvalue weighted by molar-refractivity contribution is 14.1. The van der Waals surface area contributed by atoms with Crippen LogP contribution in [0.25, 0.3) is 0 Å². The van der Waals surface area contributed by atoms with Gasteiger partial charge in [0.25, 0.3) is 10.0 Å². The highest BCUT2D eigenvalue weighted by Gasteiger charge is 2.15. The van der Waals surface area contributed by atoms with Gasteiger partial charge >= 0.3 is 0 Å². The molecule has 0 amide bonds. The van der Waals surface area contributed by atoms with Gasteiger partial charge < -0.3 is 0 Å². The summed E-state index contributed by atoms with van der Waals surface area (Å²) < 4.78 is 29.0. The third-order valence-corrected chi connectivity index (χ3v) is 5.45. The maximum absolute atomic E-state index is 12.2. The van der Waals surface area contributed by atoms with E-state index in [2.05, 4.69) is 49.9 Å². The SMILES string of the molecule is Cc1ccc(S(=O)(=O)Nc2ccc(I)cc2I)cc1. The zero-order chi connectivity index (χ0) is 14.0. The summed E-state index contributed by atoms with van der Waals surface area (Å²) in [7, 11) is -3.52. The lowest BCUT2D eigenvalue weighted by Crippen LogP contribution is -2.13. The number of rotatable bonds is 3. The average molecular weight is 499 g/mol. The average Bonchev–Trinajstić information content (AvgIpc) is 2.33. The van der Waals surface area contributed by atoms with Gasteiger partial charge in [-0.25, -0.2) is 8.42 Å². The van der Waals surface area contributed by atoms with E-state index in [4.69, 9.17) is 0 Å². The number of benzene rings is 2. The van der Waals surface area contributed by atoms with Crippen LogP contribution in [0.4, 0.5) is 5.69 Å². The molecular weight excluding hydrogens is 488 g/mol. The summed E-state index contributed by atoms with van der Waals surface area (Å²) in [5.74, 6) is 0. The van der Waals surface area contributed by atoms with Crippen LogP contribution < -0.4 is 4.72 Å². The molecule has 0 saturated carbocycles. The Morgan fingerprint density at radius 1 is 1.00 bits per heavy atom. The van der Waals surface area contributed by atoms with Crippen LogP contribution in [0, 0.1) is 14.1 Å². The van der Waals surface area contributed by atoms with Gasteiger partial charge in [0.1, 0.15) is 0 Å². The van der Waals surface area contributed by atoms with E-state index >= 15 is 0 Å². The van der Waals surface area contributed by atoms with Crippen molar-refractivity contribution in [2.45, 2.75) is 11.8 Å². The molecule has 0 aliphatic rings. The Balaban J connectivity index is 2.33. The highest BCUT2D eigenvalue weighted by Crippen LogP contribution is 2.23. The number of aryl methyl sites for hydroxylation is 1. The van der Waals surface area contributed by atoms with Crippen LogP contribution >= 0.6 is 45.2 Å². The Kier molecular flexibility index (Phi) is 4.72. The van der Waals surface area contributed by atoms with Crippen LogP contribution in [-0.4, -0.2) is 8.42 Å². The van der Waals surface area contributed by atoms with Gasteiger partial charge in [-0.05, 0) is 82.4 Å². The summed E-state index contributed by atoms with van der Waals surface area (Å²) in [5.41, 5.74) is 1.63. The van der Waals surface area contributed by atoms with Gasteiger partial charge in [0.2, 0.25) is 0 Å². The molecule has 100 valence electrons. The molecule has 2 aromatic rings. The molecule has 2 aromatic carbocycles. The van der Waals surface area contributed by atoms with Crippen molar-refractivity contribution in [3.8, 4) is 0 Å². The van der Waals surface area contributed by atoms with E-state index in [1.165, 1.54) is 0 Å². The molecule has 0 aliphatic carbocycles. The Morgan fingerprint density at radius 2 is 1.63 bits per heavy atom. The van der Waals surface area contributed by atoms with Crippen molar-refractivity contribution >= 4 is 60.9 Å². The number of hydrogen-bond acceptors (Lipinski definition) is 2. The fraction of sp³-hybridized carbons (Fsp3) is 0.0769. The lowest BCUT2D eigenvalue weighted by molar-refractivity contribution is 0.601. The molecule has 0 atom stereocenters. The monoisotopic (exact) mass is 499 g/mol. The minimum atomic E-state index is -3.52. The quantitative estimate of drug-likeness (QED) is 0.650. The summed E-state index contributed by atoms with van der Waals surface area (Å²) in [5, 5.41) is 0. The zero-order valence-corrected chi connectivity index (χ0v) is 15.2. The second-order valence-corrected chi connectivity index (χ2v) is 8.13. The van der Waals surface area contributed by atoms with E-state index < -0.39 is 10.0 Å². The third kappa shape index (κ3) is 3.82. The van der Waals surface area contributed by atoms with E-state index in [1.807, 2.05) is 19.1 Å². The third-order valence-electron chi connectivity index (χ3n) is 2.51. The first-order valence-corrected chi connectivity index (χ1v) is 9.07. The maximum Gasteiger partial charge on any atom is 0.261 e. The van der Waals surface area contributed by atoms with Crippen molar-refractivity contribution in [3.63, 3.8) is 0 Å². The minimum absolute atomic E-state index is 0.271. The summed E-state index contributed by atoms with van der Waals surface area (Å²) in [4.78, 5) is 0.271. The molecule has 0 radical (unpaired) electrons. The minimum Gasteiger partial charge on any atom is -0.279 e. The van der Waals surface area contributed by atoms with Gasteiger partial charge in [-0.2, -0.15) is 0 Å². The standard InChI is InChI=1S/C13H11I2NO2S/c1-9-2-5-11(6-3-9)19(17,18)16-13-7-4-10(14)8-12(13)15/h2-8,16H,1H3. The number of sulfonamides is 1. The van der Waals surface area contributed by atoms with Crippen molar-refractivity contribution in [1.82, 2.24) is 0 Å². The van der Waals surface area contributed by atoms with Crippen molar-refractivity contribution in [2.75, 3.05) is 4.72 Å². The predicted molar refractivity (Wildman–Crippen MR) is 93.9 cm³/mol. The van der Waals surface area contributed by atoms with Crippen LogP contribution in [0.5, 0.6) is 0 Å². The molecule has 2 rings (SSSR count). The first-order valence-electron chi connectivity index (χ1n) is 5.43. The van der Waals surface area contributed by atoms with E-state index in [1.54, 1.807) is 30.3 Å². The number of nitrogens with one attached hydrogen (secondary N) is 1. The van der Waals surface area contributed by atoms with Crippen LogP contribution in [0.1, 0.15) is 5.56 Å². The van der Waals surface area contributed by atoms with E-state index in [0.29, 0.717) is 5.69 Å². The lowest BCUT2D eigenvalue weighted by Gasteiger charge is -2.10. The van der Waals surface area contributed by atoms with E-state index in [9.17, 15) is 8.42 Å². The maximum atomic E-state index is 12.2. The van der Waals surface area contributed by atoms with Gasteiger partial charge in [-0.3, -0.25) is 4.72 Å². The second-order valence-electron chi connectivity index (χ2n) is 4.04. The molecule has 0 unspecified atom stereocenters. The Labute approximate surface area is 140 Å². The Hall–Kier alpha value is -0.350. The van der Waals surface area contributed by atoms with Crippen molar-refractivity contribution in [1.29, 1.82) is 0 Å². The summed E-state index contributed by atoms with van der Waals surface area (Å²) in [6, 6.07) is 12.4. The van der Waals surface area contributed by atoms with Crippen molar-refractivity contribution in [3.05, 3.63) is 55.2 Å². The molecule has 0 spiro atoms. The lowest BCUT2D eigenvalue weighted by atomic mass is 10.2. The smallest absolute Gasteiger partial charge is 0.261 e. The first kappa shape index (κ1) is 15.0. The first-order chi connectivity index (χ1) is 8.88. The summed E-state index contributed by atoms with van der Waals surface area (Å²) in [6.07, 6.45) is 0. The molecule has 19 heavy (non-hydrogen) atoms. The fourth-order valence-corrected chi connectivity index (χ4v) is 4.49. The molecule has 0 aliphatic heterocycles. The van der Waals surface area contributed by atoms with Crippen LogP contribution in [0.3, 0.4) is 0 Å². The van der Waals surface area contributed by atoms with Gasteiger partial charge in [-0.15, -0.1) is 0 Å². The Morgan fingerprint density at radius 3 is 2.21 bits per heavy atom. The molecule has 0 fully saturated rings. The fourth-order valence-electron chi connectivity index (χ4n) is 1.49. The molecule has 1 N–H and O–H groups in total. The molecule has 0 bridgehead atoms. The molecule has 6 heteroatoms. The molecule has 3 nitrogen and oxygen atoms in total. The van der Waals surface area contributed by atoms with E-state index in [0.717, 1.165) is 12.7 Å². The number of halogens is 2. The van der Waals surface area contributed by atoms with Crippen molar-refractivity contribution in [2.24, 2.45) is 0 Å². The normalized spacial score (nSPS) is 11.3. The zero-order valence-electron chi connectivity index (χ0n) is 10.0. The Bertz CT molecular complexity index is 697. The van der Waals surface area contributed by atoms with Crippen LogP contribution in [0.15, 0.2) is 47.4 Å². The van der Waals surface area contributed by atoms with Gasteiger partial charge in [0, 0.05) is 7.14 Å². The second kappa shape index (κ2) is 5.96. The van der Waals surface area contributed by atoms with E-state index in [-0.39, 0.29) is 4.90 Å². The van der Waals surface area contributed by atoms with Crippen LogP contribution in [-0.2, 0) is 10.0 Å². The largest absolute Gasteiger partial charge is 0.279 e. The molecule has 0 saturated heterocycles. The van der Waals surface area contributed by atoms with Crippen LogP contribution in [0.2, 0.25) is 0 Å². The molecular formula is C13H11I2NO2S. The number of hydrogen-bond donors (Lipinski definition) is 1. The topological polar surface area (TPSA) is 46.2 Å². The predicted octanol–water partition coefficient (Wildman–Crippen LogP) is 4.01. The molecule has 0 aromatic heterocycles. The van der Waals surface area contributed by atoms with Crippen molar-refractivity contribution < 1.29 is 8.42 Å². The molecule has 0 heterocycles. The van der Waals surface area contributed by atoms with Gasteiger partial charge in [0.15, 0.2) is 0 Å². The highest BCUT2D eigenvalue weighted by atomic mass is 127. The number of anilines is 1.